The van der Waals surface area contributed by atoms with Crippen molar-refractivity contribution < 1.29 is 9.53 Å². The van der Waals surface area contributed by atoms with Crippen LogP contribution in [-0.4, -0.2) is 55.8 Å². The fourth-order valence-corrected chi connectivity index (χ4v) is 2.66. The number of carbonyl (C=O) groups is 1. The van der Waals surface area contributed by atoms with E-state index in [0.717, 1.165) is 5.69 Å². The molecule has 1 amide bonds. The summed E-state index contributed by atoms with van der Waals surface area (Å²) in [5.74, 6) is -0.210. The van der Waals surface area contributed by atoms with Crippen LogP contribution in [0.15, 0.2) is 17.1 Å². The Bertz CT molecular complexity index is 736. The van der Waals surface area contributed by atoms with Gasteiger partial charge in [0.15, 0.2) is 0 Å². The van der Waals surface area contributed by atoms with E-state index in [0.29, 0.717) is 18.8 Å². The monoisotopic (exact) mass is 292 g/mol. The van der Waals surface area contributed by atoms with Crippen LogP contribution in [0, 0.1) is 0 Å². The first-order chi connectivity index (χ1) is 9.97. The molecule has 1 fully saturated rings. The van der Waals surface area contributed by atoms with Crippen LogP contribution in [0.25, 0.3) is 0 Å². The van der Waals surface area contributed by atoms with E-state index in [-0.39, 0.29) is 11.5 Å². The molecule has 1 saturated heterocycles. The second kappa shape index (κ2) is 4.55. The van der Waals surface area contributed by atoms with Crippen LogP contribution >= 0.6 is 0 Å². The van der Waals surface area contributed by atoms with Crippen molar-refractivity contribution in [3.05, 3.63) is 34.0 Å². The number of H-pyrrole nitrogens is 1. The van der Waals surface area contributed by atoms with Gasteiger partial charge in [0.25, 0.3) is 11.5 Å². The standard InChI is InChI=1S/C12H16N6O3/c1-16-8(4-10(19)14-16)11(20)18-6-12(7-18,21-3)9-5-13-15-17(9)2/h4-5H,6-7H2,1-3H3,(H,14,19). The third-order valence-electron chi connectivity index (χ3n) is 3.88. The quantitative estimate of drug-likeness (QED) is 0.769. The number of hydrogen-bond acceptors (Lipinski definition) is 5. The maximum absolute atomic E-state index is 12.4. The predicted molar refractivity (Wildman–Crippen MR) is 71.6 cm³/mol. The number of ether oxygens (including phenoxy) is 1. The molecule has 1 N–H and O–H groups in total. The minimum Gasteiger partial charge on any atom is -0.368 e. The lowest BCUT2D eigenvalue weighted by atomic mass is 9.90. The Hall–Kier alpha value is -2.42. The fraction of sp³-hybridized carbons (Fsp3) is 0.500. The number of aryl methyl sites for hydroxylation is 2. The first-order valence-electron chi connectivity index (χ1n) is 6.42. The van der Waals surface area contributed by atoms with Gasteiger partial charge >= 0.3 is 0 Å². The van der Waals surface area contributed by atoms with Crippen molar-refractivity contribution in [1.29, 1.82) is 0 Å². The molecule has 0 saturated carbocycles. The number of nitrogens with zero attached hydrogens (tertiary/aromatic N) is 5. The zero-order valence-corrected chi connectivity index (χ0v) is 12.0. The molecule has 0 aromatic carbocycles. The van der Waals surface area contributed by atoms with E-state index < -0.39 is 5.60 Å². The summed E-state index contributed by atoms with van der Waals surface area (Å²) >= 11 is 0. The van der Waals surface area contributed by atoms with Crippen molar-refractivity contribution in [2.24, 2.45) is 14.1 Å². The van der Waals surface area contributed by atoms with Gasteiger partial charge in [0.1, 0.15) is 11.3 Å². The van der Waals surface area contributed by atoms with E-state index in [2.05, 4.69) is 15.4 Å². The van der Waals surface area contributed by atoms with Crippen LogP contribution in [-0.2, 0) is 24.4 Å². The summed E-state index contributed by atoms with van der Waals surface area (Å²) in [4.78, 5) is 25.3. The van der Waals surface area contributed by atoms with Crippen molar-refractivity contribution in [3.8, 4) is 0 Å². The molecule has 2 aromatic heterocycles. The zero-order chi connectivity index (χ0) is 15.2. The third kappa shape index (κ3) is 1.97. The molecule has 0 unspecified atom stereocenters. The highest BCUT2D eigenvalue weighted by Gasteiger charge is 2.49. The normalized spacial score (nSPS) is 16.8. The summed E-state index contributed by atoms with van der Waals surface area (Å²) in [6.07, 6.45) is 1.64. The summed E-state index contributed by atoms with van der Waals surface area (Å²) in [5.41, 5.74) is 0.253. The summed E-state index contributed by atoms with van der Waals surface area (Å²) in [6, 6.07) is 1.29. The maximum Gasteiger partial charge on any atom is 0.272 e. The average molecular weight is 292 g/mol. The number of rotatable bonds is 3. The fourth-order valence-electron chi connectivity index (χ4n) is 2.66. The van der Waals surface area contributed by atoms with Crippen LogP contribution in [0.5, 0.6) is 0 Å². The molecular formula is C12H16N6O3. The topological polar surface area (TPSA) is 98.0 Å². The van der Waals surface area contributed by atoms with Gasteiger partial charge in [-0.15, -0.1) is 5.10 Å². The second-order valence-corrected chi connectivity index (χ2v) is 5.17. The molecule has 0 bridgehead atoms. The minimum atomic E-state index is -0.594. The third-order valence-corrected chi connectivity index (χ3v) is 3.88. The van der Waals surface area contributed by atoms with Gasteiger partial charge in [-0.25, -0.2) is 4.68 Å². The van der Waals surface area contributed by atoms with E-state index in [1.807, 2.05) is 0 Å². The zero-order valence-electron chi connectivity index (χ0n) is 12.0. The highest BCUT2D eigenvalue weighted by atomic mass is 16.5. The lowest BCUT2D eigenvalue weighted by Gasteiger charge is -2.48. The summed E-state index contributed by atoms with van der Waals surface area (Å²) in [5, 5.41) is 10.3. The molecule has 0 atom stereocenters. The van der Waals surface area contributed by atoms with Crippen molar-refractivity contribution in [2.45, 2.75) is 5.60 Å². The lowest BCUT2D eigenvalue weighted by molar-refractivity contribution is -0.119. The van der Waals surface area contributed by atoms with Gasteiger partial charge in [-0.05, 0) is 0 Å². The van der Waals surface area contributed by atoms with Crippen molar-refractivity contribution >= 4 is 5.91 Å². The Morgan fingerprint density at radius 3 is 2.62 bits per heavy atom. The molecule has 9 heteroatoms. The minimum absolute atomic E-state index is 0.210. The number of hydrogen-bond donors (Lipinski definition) is 1. The van der Waals surface area contributed by atoms with Gasteiger partial charge in [-0.3, -0.25) is 19.4 Å². The first kappa shape index (κ1) is 13.6. The van der Waals surface area contributed by atoms with Crippen molar-refractivity contribution in [1.82, 2.24) is 29.7 Å². The Morgan fingerprint density at radius 2 is 2.14 bits per heavy atom. The number of methoxy groups -OCH3 is 1. The van der Waals surface area contributed by atoms with Crippen LogP contribution in [0.2, 0.25) is 0 Å². The van der Waals surface area contributed by atoms with Crippen LogP contribution in [0.1, 0.15) is 16.2 Å². The van der Waals surface area contributed by atoms with Crippen molar-refractivity contribution in [3.63, 3.8) is 0 Å². The number of aromatic amines is 1. The Labute approximate surface area is 120 Å². The Morgan fingerprint density at radius 1 is 1.43 bits per heavy atom. The molecule has 1 aliphatic heterocycles. The summed E-state index contributed by atoms with van der Waals surface area (Å²) in [7, 11) is 5.01. The average Bonchev–Trinajstić information content (AvgIpc) is 2.95. The van der Waals surface area contributed by atoms with Crippen LogP contribution in [0.3, 0.4) is 0 Å². The molecular weight excluding hydrogens is 276 g/mol. The molecule has 2 aromatic rings. The molecule has 1 aliphatic rings. The highest BCUT2D eigenvalue weighted by Crippen LogP contribution is 2.35. The smallest absolute Gasteiger partial charge is 0.272 e. The molecule has 3 rings (SSSR count). The first-order valence-corrected chi connectivity index (χ1v) is 6.42. The van der Waals surface area contributed by atoms with E-state index >= 15 is 0 Å². The molecule has 9 nitrogen and oxygen atoms in total. The second-order valence-electron chi connectivity index (χ2n) is 5.17. The Kier molecular flexibility index (Phi) is 2.94. The molecule has 0 radical (unpaired) electrons. The van der Waals surface area contributed by atoms with E-state index in [4.69, 9.17) is 4.74 Å². The lowest BCUT2D eigenvalue weighted by Crippen LogP contribution is -2.63. The molecule has 112 valence electrons. The van der Waals surface area contributed by atoms with Gasteiger partial charge in [0.2, 0.25) is 0 Å². The number of amides is 1. The van der Waals surface area contributed by atoms with E-state index in [9.17, 15) is 9.59 Å². The number of nitrogens with one attached hydrogen (secondary N) is 1. The van der Waals surface area contributed by atoms with Gasteiger partial charge in [0, 0.05) is 27.3 Å². The predicted octanol–water partition coefficient (Wildman–Crippen LogP) is -1.16. The highest BCUT2D eigenvalue weighted by molar-refractivity contribution is 5.93. The van der Waals surface area contributed by atoms with Gasteiger partial charge in [-0.2, -0.15) is 0 Å². The summed E-state index contributed by atoms with van der Waals surface area (Å²) < 4.78 is 8.64. The molecule has 0 spiro atoms. The number of likely N-dealkylation sites (tertiary alicyclic amines) is 1. The largest absolute Gasteiger partial charge is 0.368 e. The SMILES string of the molecule is COC1(c2cnnn2C)CN(C(=O)c2cc(=O)[nH]n2C)C1. The number of carbonyl (C=O) groups excluding carboxylic acids is 1. The number of aromatic nitrogens is 5. The maximum atomic E-state index is 12.4. The Balaban J connectivity index is 1.81. The van der Waals surface area contributed by atoms with Gasteiger partial charge in [0.05, 0.1) is 25.0 Å². The molecule has 0 aliphatic carbocycles. The van der Waals surface area contributed by atoms with E-state index in [1.165, 1.54) is 10.7 Å². The van der Waals surface area contributed by atoms with Crippen LogP contribution < -0.4 is 5.56 Å². The van der Waals surface area contributed by atoms with Gasteiger partial charge in [-0.1, -0.05) is 5.21 Å². The molecule has 3 heterocycles. The van der Waals surface area contributed by atoms with Crippen LogP contribution in [0.4, 0.5) is 0 Å². The molecule has 21 heavy (non-hydrogen) atoms. The van der Waals surface area contributed by atoms with E-state index in [1.54, 1.807) is 37.0 Å². The van der Waals surface area contributed by atoms with Gasteiger partial charge < -0.3 is 9.64 Å². The van der Waals surface area contributed by atoms with Crippen molar-refractivity contribution in [2.75, 3.05) is 20.2 Å². The summed E-state index contributed by atoms with van der Waals surface area (Å²) in [6.45, 7) is 0.784.